The number of aromatic nitrogens is 4. The molecule has 0 saturated carbocycles. The second-order valence-corrected chi connectivity index (χ2v) is 13.8. The number of hydrogen-bond donors (Lipinski definition) is 7. The molecule has 2 aliphatic heterocycles. The van der Waals surface area contributed by atoms with Crippen LogP contribution >= 0.6 is 23.5 Å². The van der Waals surface area contributed by atoms with E-state index in [1.165, 1.54) is 31.2 Å². The number of benzene rings is 2. The van der Waals surface area contributed by atoms with Crippen molar-refractivity contribution in [3.8, 4) is 17.2 Å². The minimum atomic E-state index is -1.60. The van der Waals surface area contributed by atoms with E-state index < -0.39 is 88.7 Å². The number of hydrogen-bond acceptors (Lipinski definition) is 16. The highest BCUT2D eigenvalue weighted by Crippen LogP contribution is 2.42. The Morgan fingerprint density at radius 2 is 1.78 bits per heavy atom. The van der Waals surface area contributed by atoms with Gasteiger partial charge in [0.2, 0.25) is 22.2 Å². The van der Waals surface area contributed by atoms with Gasteiger partial charge >= 0.3 is 17.9 Å². The Morgan fingerprint density at radius 3 is 2.45 bits per heavy atom. The SMILES string of the molecule is Cc1oc2c(O)c(O)ccc2c(=O)c1C(=O)NC(C(=O)N[C@@H]1C(=O)N2C(C(=O)O)=C(CSc3nnnn3CC(=O)O)CS[C@@H]12)c1ccc(OCC(=O)O)cc1. The van der Waals surface area contributed by atoms with Gasteiger partial charge in [-0.05, 0) is 52.8 Å². The summed E-state index contributed by atoms with van der Waals surface area (Å²) >= 11 is 2.11. The van der Waals surface area contributed by atoms with Gasteiger partial charge in [0.1, 0.15) is 46.8 Å². The van der Waals surface area contributed by atoms with Crippen LogP contribution in [0.25, 0.3) is 11.0 Å². The van der Waals surface area contributed by atoms with Gasteiger partial charge in [0.05, 0.1) is 5.39 Å². The number of carboxylic acid groups (broad SMARTS) is 3. The number of tetrazole rings is 1. The maximum absolute atomic E-state index is 13.9. The van der Waals surface area contributed by atoms with Crippen LogP contribution in [0, 0.1) is 6.92 Å². The quantitative estimate of drug-likeness (QED) is 0.0503. The number of phenolic OH excluding ortho intramolecular Hbond substituents is 2. The van der Waals surface area contributed by atoms with Gasteiger partial charge in [-0.25, -0.2) is 14.3 Å². The zero-order chi connectivity index (χ0) is 39.7. The largest absolute Gasteiger partial charge is 0.504 e. The summed E-state index contributed by atoms with van der Waals surface area (Å²) in [5.41, 5.74) is -1.72. The average molecular weight is 798 g/mol. The summed E-state index contributed by atoms with van der Waals surface area (Å²) in [6, 6.07) is 4.63. The minimum Gasteiger partial charge on any atom is -0.504 e. The summed E-state index contributed by atoms with van der Waals surface area (Å²) < 4.78 is 11.7. The second kappa shape index (κ2) is 15.4. The standard InChI is InChI=1S/C32H27N7O14S2/c1-12-20(24(45)16-6-7-17(40)25(46)26(16)53-12)27(47)33-21(13-2-4-15(5-3-13)52-9-19(43)44)28(48)34-22-29(49)39-23(31(50)51)14(10-54-30(22)39)11-55-32-35-36-37-38(32)8-18(41)42/h2-7,21-22,30,40,46H,8-11H2,1H3,(H,33,47)(H,34,48)(H,41,42)(H,43,44)(H,50,51)/t21?,22-,30+/m1/s1. The molecule has 21 nitrogen and oxygen atoms in total. The first-order valence-corrected chi connectivity index (χ1v) is 17.7. The van der Waals surface area contributed by atoms with Gasteiger partial charge in [0.15, 0.2) is 17.9 Å². The molecule has 286 valence electrons. The number of amides is 3. The Kier molecular flexibility index (Phi) is 10.7. The average Bonchev–Trinajstić information content (AvgIpc) is 3.58. The van der Waals surface area contributed by atoms with Crippen molar-refractivity contribution in [2.45, 2.75) is 36.1 Å². The summed E-state index contributed by atoms with van der Waals surface area (Å²) in [5, 5.41) is 62.9. The predicted molar refractivity (Wildman–Crippen MR) is 186 cm³/mol. The number of phenols is 2. The van der Waals surface area contributed by atoms with E-state index in [0.717, 1.165) is 45.2 Å². The molecule has 2 aromatic heterocycles. The number of carboxylic acids is 3. The van der Waals surface area contributed by atoms with E-state index in [1.807, 2.05) is 0 Å². The number of aromatic hydroxyl groups is 2. The van der Waals surface area contributed by atoms with Crippen LogP contribution in [0.5, 0.6) is 17.2 Å². The summed E-state index contributed by atoms with van der Waals surface area (Å²) in [6.45, 7) is 0.0573. The molecule has 4 heterocycles. The van der Waals surface area contributed by atoms with E-state index in [9.17, 15) is 48.9 Å². The lowest BCUT2D eigenvalue weighted by atomic mass is 10.0. The van der Waals surface area contributed by atoms with Crippen molar-refractivity contribution in [3.63, 3.8) is 0 Å². The summed E-state index contributed by atoms with van der Waals surface area (Å²) in [6.07, 6.45) is 0. The summed E-state index contributed by atoms with van der Waals surface area (Å²) in [4.78, 5) is 90.0. The molecule has 4 aromatic rings. The Bertz CT molecular complexity index is 2360. The summed E-state index contributed by atoms with van der Waals surface area (Å²) in [5.74, 6) is -8.05. The molecule has 0 radical (unpaired) electrons. The first kappa shape index (κ1) is 38.1. The number of fused-ring (bicyclic) bond motifs is 2. The van der Waals surface area contributed by atoms with Crippen LogP contribution in [0.2, 0.25) is 0 Å². The number of rotatable bonds is 14. The molecule has 1 fully saturated rings. The lowest BCUT2D eigenvalue weighted by molar-refractivity contribution is -0.151. The van der Waals surface area contributed by atoms with Crippen LogP contribution in [-0.2, 0) is 30.5 Å². The molecule has 3 atom stereocenters. The van der Waals surface area contributed by atoms with Crippen LogP contribution in [0.1, 0.15) is 27.7 Å². The van der Waals surface area contributed by atoms with Crippen molar-refractivity contribution in [2.24, 2.45) is 0 Å². The topological polar surface area (TPSA) is 314 Å². The van der Waals surface area contributed by atoms with Gasteiger partial charge in [-0.1, -0.05) is 23.9 Å². The van der Waals surface area contributed by atoms with Crippen molar-refractivity contribution in [2.75, 3.05) is 18.1 Å². The third kappa shape index (κ3) is 7.59. The lowest BCUT2D eigenvalue weighted by Crippen LogP contribution is -2.71. The van der Waals surface area contributed by atoms with Gasteiger partial charge in [-0.3, -0.25) is 28.9 Å². The number of aliphatic carboxylic acids is 3. The van der Waals surface area contributed by atoms with Crippen LogP contribution in [0.15, 0.2) is 62.0 Å². The maximum Gasteiger partial charge on any atom is 0.352 e. The molecule has 23 heteroatoms. The number of thioether (sulfide) groups is 2. The highest BCUT2D eigenvalue weighted by Gasteiger charge is 2.54. The number of aryl methyl sites for hydroxylation is 1. The van der Waals surface area contributed by atoms with Crippen LogP contribution in [0.3, 0.4) is 0 Å². The first-order valence-electron chi connectivity index (χ1n) is 15.7. The van der Waals surface area contributed by atoms with Gasteiger partial charge in [0.25, 0.3) is 11.8 Å². The molecule has 0 aliphatic carbocycles. The number of carbonyl (C=O) groups excluding carboxylic acids is 3. The Hall–Kier alpha value is -6.62. The predicted octanol–water partition coefficient (Wildman–Crippen LogP) is 0.0491. The van der Waals surface area contributed by atoms with E-state index in [2.05, 4.69) is 26.2 Å². The Morgan fingerprint density at radius 1 is 1.05 bits per heavy atom. The third-order valence-electron chi connectivity index (χ3n) is 8.24. The van der Waals surface area contributed by atoms with E-state index in [4.69, 9.17) is 19.4 Å². The Labute approximate surface area is 314 Å². The number of nitrogens with one attached hydrogen (secondary N) is 2. The van der Waals surface area contributed by atoms with Gasteiger partial charge < -0.3 is 45.3 Å². The molecular weight excluding hydrogens is 771 g/mol. The molecule has 2 aromatic carbocycles. The normalized spacial score (nSPS) is 16.9. The van der Waals surface area contributed by atoms with E-state index >= 15 is 0 Å². The van der Waals surface area contributed by atoms with E-state index in [1.54, 1.807) is 0 Å². The van der Waals surface area contributed by atoms with Crippen molar-refractivity contribution in [1.29, 1.82) is 0 Å². The Balaban J connectivity index is 1.25. The minimum absolute atomic E-state index is 0.00854. The van der Waals surface area contributed by atoms with Gasteiger partial charge in [0, 0.05) is 11.5 Å². The second-order valence-electron chi connectivity index (χ2n) is 11.8. The van der Waals surface area contributed by atoms with Crippen LogP contribution in [-0.4, -0.2) is 116 Å². The molecule has 55 heavy (non-hydrogen) atoms. The molecule has 2 aliphatic rings. The molecule has 3 amide bonds. The third-order valence-corrected chi connectivity index (χ3v) is 10.6. The molecule has 7 N–H and O–H groups in total. The fraction of sp³-hybridized carbons (Fsp3) is 0.250. The highest BCUT2D eigenvalue weighted by atomic mass is 32.2. The smallest absolute Gasteiger partial charge is 0.352 e. The van der Waals surface area contributed by atoms with E-state index in [-0.39, 0.29) is 50.4 Å². The highest BCUT2D eigenvalue weighted by molar-refractivity contribution is 8.01. The van der Waals surface area contributed by atoms with Gasteiger partial charge in [-0.15, -0.1) is 16.9 Å². The van der Waals surface area contributed by atoms with Crippen molar-refractivity contribution < 1.29 is 63.5 Å². The van der Waals surface area contributed by atoms with Crippen LogP contribution in [0.4, 0.5) is 0 Å². The zero-order valence-corrected chi connectivity index (χ0v) is 29.6. The zero-order valence-electron chi connectivity index (χ0n) is 28.0. The van der Waals surface area contributed by atoms with Crippen LogP contribution < -0.4 is 20.8 Å². The first-order chi connectivity index (χ1) is 26.2. The molecule has 6 rings (SSSR count). The molecule has 1 unspecified atom stereocenters. The number of nitrogens with zero attached hydrogens (tertiary/aromatic N) is 5. The van der Waals surface area contributed by atoms with Crippen molar-refractivity contribution in [1.82, 2.24) is 35.7 Å². The molecular formula is C32H27N7O14S2. The van der Waals surface area contributed by atoms with Gasteiger partial charge in [-0.2, -0.15) is 0 Å². The number of carbonyl (C=O) groups is 6. The molecule has 0 spiro atoms. The number of ether oxygens (including phenoxy) is 1. The monoisotopic (exact) mass is 797 g/mol. The van der Waals surface area contributed by atoms with E-state index in [0.29, 0.717) is 5.57 Å². The fourth-order valence-corrected chi connectivity index (χ4v) is 8.08. The van der Waals surface area contributed by atoms with Crippen molar-refractivity contribution >= 4 is 70.1 Å². The number of β-lactam (4-membered cyclic amide) rings is 1. The fourth-order valence-electron chi connectivity index (χ4n) is 5.72. The lowest BCUT2D eigenvalue weighted by Gasteiger charge is -2.49. The van der Waals surface area contributed by atoms with Crippen molar-refractivity contribution in [3.05, 3.63) is 74.8 Å². The summed E-state index contributed by atoms with van der Waals surface area (Å²) in [7, 11) is 0. The molecule has 0 bridgehead atoms. The molecule has 1 saturated heterocycles. The maximum atomic E-state index is 13.9.